The van der Waals surface area contributed by atoms with Crippen LogP contribution in [0.25, 0.3) is 0 Å². The average molecular weight is 411 g/mol. The van der Waals surface area contributed by atoms with Crippen molar-refractivity contribution in [3.8, 4) is 0 Å². The van der Waals surface area contributed by atoms with Crippen LogP contribution in [-0.4, -0.2) is 85.4 Å². The molecule has 1 aromatic rings. The minimum Gasteiger partial charge on any atom is -0.381 e. The summed E-state index contributed by atoms with van der Waals surface area (Å²) in [5.74, 6) is 1.96. The summed E-state index contributed by atoms with van der Waals surface area (Å²) in [4.78, 5) is 14.1. The molecule has 0 unspecified atom stereocenters. The average Bonchev–Trinajstić information content (AvgIpc) is 3.23. The quantitative estimate of drug-likeness (QED) is 0.398. The van der Waals surface area contributed by atoms with Crippen LogP contribution in [0.15, 0.2) is 4.99 Å². The second-order valence-electron chi connectivity index (χ2n) is 7.09. The number of nitrogens with one attached hydrogen (secondary N) is 1. The van der Waals surface area contributed by atoms with Crippen LogP contribution in [0.3, 0.4) is 0 Å². The zero-order chi connectivity index (χ0) is 19.6. The van der Waals surface area contributed by atoms with Gasteiger partial charge < -0.3 is 24.6 Å². The lowest BCUT2D eigenvalue weighted by Gasteiger charge is -2.36. The van der Waals surface area contributed by atoms with E-state index in [0.717, 1.165) is 102 Å². The van der Waals surface area contributed by atoms with Gasteiger partial charge in [0.05, 0.1) is 6.10 Å². The summed E-state index contributed by atoms with van der Waals surface area (Å²) in [6.07, 6.45) is 4.25. The van der Waals surface area contributed by atoms with Crippen LogP contribution in [-0.2, 0) is 15.9 Å². The van der Waals surface area contributed by atoms with Gasteiger partial charge in [-0.3, -0.25) is 4.99 Å². The summed E-state index contributed by atoms with van der Waals surface area (Å²) in [7, 11) is 0. The van der Waals surface area contributed by atoms with Crippen molar-refractivity contribution >= 4 is 22.6 Å². The first-order valence-corrected chi connectivity index (χ1v) is 11.4. The molecular weight excluding hydrogens is 376 g/mol. The molecule has 9 heteroatoms. The molecule has 0 aromatic carbocycles. The maximum Gasteiger partial charge on any atom is 0.205 e. The summed E-state index contributed by atoms with van der Waals surface area (Å²) >= 11 is 1.51. The molecule has 0 saturated carbocycles. The predicted molar refractivity (Wildman–Crippen MR) is 113 cm³/mol. The summed E-state index contributed by atoms with van der Waals surface area (Å²) in [6.45, 7) is 12.1. The Balaban J connectivity index is 1.41. The van der Waals surface area contributed by atoms with Gasteiger partial charge in [-0.1, -0.05) is 6.92 Å². The second-order valence-corrected chi connectivity index (χ2v) is 7.82. The Morgan fingerprint density at radius 2 is 2.04 bits per heavy atom. The largest absolute Gasteiger partial charge is 0.381 e. The van der Waals surface area contributed by atoms with Crippen LogP contribution in [0.1, 0.15) is 38.9 Å². The minimum absolute atomic E-state index is 0.368. The van der Waals surface area contributed by atoms with Crippen molar-refractivity contribution in [2.24, 2.45) is 4.99 Å². The Labute approximate surface area is 172 Å². The van der Waals surface area contributed by atoms with Crippen molar-refractivity contribution in [2.45, 2.75) is 45.6 Å². The molecule has 0 spiro atoms. The van der Waals surface area contributed by atoms with Gasteiger partial charge in [-0.15, -0.1) is 0 Å². The van der Waals surface area contributed by atoms with E-state index in [-0.39, 0.29) is 0 Å². The Kier molecular flexibility index (Phi) is 8.75. The minimum atomic E-state index is 0.368. The molecule has 0 amide bonds. The molecule has 0 aliphatic carbocycles. The number of rotatable bonds is 8. The Hall–Kier alpha value is -1.45. The number of nitrogens with zero attached hydrogens (tertiary/aromatic N) is 5. The molecular formula is C19H34N6O2S. The van der Waals surface area contributed by atoms with E-state index in [0.29, 0.717) is 6.10 Å². The number of piperazine rings is 1. The van der Waals surface area contributed by atoms with Crippen molar-refractivity contribution in [1.82, 2.24) is 19.6 Å². The fourth-order valence-corrected chi connectivity index (χ4v) is 4.20. The molecule has 158 valence electrons. The van der Waals surface area contributed by atoms with Crippen LogP contribution < -0.4 is 10.2 Å². The molecule has 28 heavy (non-hydrogen) atoms. The third-order valence-corrected chi connectivity index (χ3v) is 5.86. The standard InChI is InChI=1S/C19H34N6O2S/c1-3-17-22-19(28-23-17)25-11-9-24(10-12-25)18(20-4-2)21-8-5-13-27-16-6-14-26-15-7-16/h16H,3-15H2,1-2H3,(H,20,21). The van der Waals surface area contributed by atoms with Gasteiger partial charge in [0.2, 0.25) is 5.13 Å². The highest BCUT2D eigenvalue weighted by Crippen LogP contribution is 2.19. The van der Waals surface area contributed by atoms with Crippen LogP contribution in [0, 0.1) is 0 Å². The molecule has 1 N–H and O–H groups in total. The zero-order valence-electron chi connectivity index (χ0n) is 17.2. The normalized spacial score (nSPS) is 19.3. The molecule has 3 heterocycles. The first kappa shape index (κ1) is 21.3. The fourth-order valence-electron chi connectivity index (χ4n) is 3.39. The molecule has 3 rings (SSSR count). The van der Waals surface area contributed by atoms with E-state index in [2.05, 4.69) is 38.3 Å². The van der Waals surface area contributed by atoms with E-state index in [1.807, 2.05) is 0 Å². The van der Waals surface area contributed by atoms with Gasteiger partial charge in [0.1, 0.15) is 5.82 Å². The van der Waals surface area contributed by atoms with Gasteiger partial charge in [0, 0.05) is 77.0 Å². The Morgan fingerprint density at radius 3 is 2.71 bits per heavy atom. The number of guanidine groups is 1. The van der Waals surface area contributed by atoms with Crippen LogP contribution in [0.5, 0.6) is 0 Å². The number of aryl methyl sites for hydroxylation is 1. The van der Waals surface area contributed by atoms with Crippen molar-refractivity contribution in [3.05, 3.63) is 5.82 Å². The number of ether oxygens (including phenoxy) is 2. The van der Waals surface area contributed by atoms with E-state index < -0.39 is 0 Å². The van der Waals surface area contributed by atoms with Gasteiger partial charge >= 0.3 is 0 Å². The molecule has 2 aliphatic heterocycles. The lowest BCUT2D eigenvalue weighted by atomic mass is 10.1. The zero-order valence-corrected chi connectivity index (χ0v) is 18.0. The number of aromatic nitrogens is 2. The lowest BCUT2D eigenvalue weighted by molar-refractivity contribution is -0.0318. The molecule has 0 radical (unpaired) electrons. The van der Waals surface area contributed by atoms with Gasteiger partial charge in [-0.25, -0.2) is 4.98 Å². The van der Waals surface area contributed by atoms with Gasteiger partial charge in [-0.2, -0.15) is 4.37 Å². The summed E-state index contributed by atoms with van der Waals surface area (Å²) in [6, 6.07) is 0. The van der Waals surface area contributed by atoms with Crippen LogP contribution in [0.2, 0.25) is 0 Å². The third-order valence-electron chi connectivity index (χ3n) is 5.04. The molecule has 0 atom stereocenters. The van der Waals surface area contributed by atoms with E-state index in [1.54, 1.807) is 0 Å². The molecule has 0 bridgehead atoms. The Morgan fingerprint density at radius 1 is 1.25 bits per heavy atom. The highest BCUT2D eigenvalue weighted by atomic mass is 32.1. The molecule has 1 aromatic heterocycles. The maximum atomic E-state index is 5.94. The molecule has 8 nitrogen and oxygen atoms in total. The van der Waals surface area contributed by atoms with Crippen molar-refractivity contribution in [2.75, 3.05) is 64.0 Å². The van der Waals surface area contributed by atoms with Crippen molar-refractivity contribution in [3.63, 3.8) is 0 Å². The van der Waals surface area contributed by atoms with E-state index in [4.69, 9.17) is 14.5 Å². The summed E-state index contributed by atoms with van der Waals surface area (Å²) < 4.78 is 15.7. The van der Waals surface area contributed by atoms with E-state index in [1.165, 1.54) is 11.5 Å². The number of hydrogen-bond donors (Lipinski definition) is 1. The van der Waals surface area contributed by atoms with E-state index >= 15 is 0 Å². The molecule has 2 saturated heterocycles. The smallest absolute Gasteiger partial charge is 0.205 e. The summed E-state index contributed by atoms with van der Waals surface area (Å²) in [5, 5.41) is 4.48. The number of aliphatic imine (C=N–C) groups is 1. The lowest BCUT2D eigenvalue weighted by Crippen LogP contribution is -2.52. The highest BCUT2D eigenvalue weighted by Gasteiger charge is 2.22. The van der Waals surface area contributed by atoms with E-state index in [9.17, 15) is 0 Å². The third kappa shape index (κ3) is 6.28. The number of anilines is 1. The topological polar surface area (TPSA) is 75.1 Å². The summed E-state index contributed by atoms with van der Waals surface area (Å²) in [5.41, 5.74) is 0. The first-order valence-electron chi connectivity index (χ1n) is 10.6. The highest BCUT2D eigenvalue weighted by molar-refractivity contribution is 7.09. The number of hydrogen-bond acceptors (Lipinski definition) is 7. The van der Waals surface area contributed by atoms with Crippen molar-refractivity contribution in [1.29, 1.82) is 0 Å². The van der Waals surface area contributed by atoms with Gasteiger partial charge in [0.25, 0.3) is 0 Å². The van der Waals surface area contributed by atoms with Crippen molar-refractivity contribution < 1.29 is 9.47 Å². The van der Waals surface area contributed by atoms with Gasteiger partial charge in [-0.05, 0) is 26.2 Å². The van der Waals surface area contributed by atoms with Gasteiger partial charge in [0.15, 0.2) is 5.96 Å². The van der Waals surface area contributed by atoms with Crippen LogP contribution >= 0.6 is 11.5 Å². The maximum absolute atomic E-state index is 5.94. The molecule has 2 fully saturated rings. The Bertz CT molecular complexity index is 597. The fraction of sp³-hybridized carbons (Fsp3) is 0.842. The predicted octanol–water partition coefficient (Wildman–Crippen LogP) is 1.77. The second kappa shape index (κ2) is 11.5. The van der Waals surface area contributed by atoms with Crippen LogP contribution in [0.4, 0.5) is 5.13 Å². The monoisotopic (exact) mass is 410 g/mol. The first-order chi connectivity index (χ1) is 13.8. The SMILES string of the molecule is CCNC(=NCCCOC1CCOCC1)N1CCN(c2nc(CC)ns2)CC1. The molecule has 2 aliphatic rings.